The van der Waals surface area contributed by atoms with Crippen molar-refractivity contribution in [3.05, 3.63) is 29.8 Å². The van der Waals surface area contributed by atoms with E-state index < -0.39 is 0 Å². The van der Waals surface area contributed by atoms with E-state index in [1.807, 2.05) is 0 Å². The number of nitrogens with zero attached hydrogens (tertiary/aromatic N) is 1. The van der Waals surface area contributed by atoms with Crippen LogP contribution in [0.15, 0.2) is 29.4 Å². The second-order valence-electron chi connectivity index (χ2n) is 3.83. The van der Waals surface area contributed by atoms with Crippen molar-refractivity contribution < 1.29 is 14.6 Å². The third-order valence-corrected chi connectivity index (χ3v) is 2.50. The van der Waals surface area contributed by atoms with E-state index >= 15 is 0 Å². The number of aromatic hydroxyl groups is 1. The van der Waals surface area contributed by atoms with Crippen LogP contribution in [0.4, 0.5) is 0 Å². The highest BCUT2D eigenvalue weighted by molar-refractivity contribution is 5.84. The Morgan fingerprint density at radius 1 is 1.47 bits per heavy atom. The number of hydrogen-bond donors (Lipinski definition) is 2. The zero-order chi connectivity index (χ0) is 12.1. The molecule has 1 fully saturated rings. The minimum atomic E-state index is -0.369. The highest BCUT2D eigenvalue weighted by atomic mass is 16.5. The molecule has 1 unspecified atom stereocenters. The maximum absolute atomic E-state index is 11.5. The highest BCUT2D eigenvalue weighted by Gasteiger charge is 2.22. The van der Waals surface area contributed by atoms with Crippen molar-refractivity contribution in [2.24, 2.45) is 5.10 Å². The zero-order valence-corrected chi connectivity index (χ0v) is 9.30. The van der Waals surface area contributed by atoms with E-state index in [2.05, 4.69) is 10.5 Å². The van der Waals surface area contributed by atoms with Crippen LogP contribution in [-0.4, -0.2) is 29.9 Å². The maximum Gasteiger partial charge on any atom is 0.269 e. The van der Waals surface area contributed by atoms with Crippen molar-refractivity contribution in [3.63, 3.8) is 0 Å². The molecule has 5 nitrogen and oxygen atoms in total. The number of carbonyl (C=O) groups excluding carboxylic acids is 1. The van der Waals surface area contributed by atoms with E-state index in [0.717, 1.165) is 18.4 Å². The minimum Gasteiger partial charge on any atom is -0.508 e. The molecule has 1 aromatic rings. The number of ether oxygens (including phenoxy) is 1. The fourth-order valence-corrected chi connectivity index (χ4v) is 1.59. The van der Waals surface area contributed by atoms with Gasteiger partial charge in [0.05, 0.1) is 6.21 Å². The van der Waals surface area contributed by atoms with Crippen LogP contribution in [0.2, 0.25) is 0 Å². The monoisotopic (exact) mass is 234 g/mol. The summed E-state index contributed by atoms with van der Waals surface area (Å²) >= 11 is 0. The molecule has 17 heavy (non-hydrogen) atoms. The standard InChI is InChI=1S/C12H14N2O3/c15-10-5-3-9(4-6-10)8-13-14-12(16)11-2-1-7-17-11/h3-6,8,11,15H,1-2,7H2,(H,14,16). The summed E-state index contributed by atoms with van der Waals surface area (Å²) in [5.41, 5.74) is 3.23. The molecule has 0 bridgehead atoms. The first kappa shape index (κ1) is 11.6. The normalized spacial score (nSPS) is 19.6. The van der Waals surface area contributed by atoms with Crippen LogP contribution in [0.1, 0.15) is 18.4 Å². The van der Waals surface area contributed by atoms with Crippen LogP contribution in [0.3, 0.4) is 0 Å². The lowest BCUT2D eigenvalue weighted by atomic mass is 10.2. The molecule has 2 N–H and O–H groups in total. The SMILES string of the molecule is O=C(NN=Cc1ccc(O)cc1)C1CCCO1. The molecule has 1 atom stereocenters. The van der Waals surface area contributed by atoms with Gasteiger partial charge in [0, 0.05) is 6.61 Å². The Labute approximate surface area is 99.1 Å². The van der Waals surface area contributed by atoms with Crippen LogP contribution >= 0.6 is 0 Å². The van der Waals surface area contributed by atoms with Crippen molar-refractivity contribution in [1.82, 2.24) is 5.43 Å². The predicted octanol–water partition coefficient (Wildman–Crippen LogP) is 1.02. The molecule has 0 spiro atoms. The number of carbonyl (C=O) groups is 1. The lowest BCUT2D eigenvalue weighted by Crippen LogP contribution is -2.30. The lowest BCUT2D eigenvalue weighted by Gasteiger charge is -2.05. The van der Waals surface area contributed by atoms with Gasteiger partial charge in [-0.2, -0.15) is 5.10 Å². The van der Waals surface area contributed by atoms with Crippen LogP contribution in [-0.2, 0) is 9.53 Å². The molecule has 90 valence electrons. The van der Waals surface area contributed by atoms with Gasteiger partial charge in [0.25, 0.3) is 5.91 Å². The molecular formula is C12H14N2O3. The summed E-state index contributed by atoms with van der Waals surface area (Å²) in [6, 6.07) is 6.53. The zero-order valence-electron chi connectivity index (χ0n) is 9.30. The van der Waals surface area contributed by atoms with Crippen molar-refractivity contribution in [1.29, 1.82) is 0 Å². The summed E-state index contributed by atoms with van der Waals surface area (Å²) in [5.74, 6) is -0.0110. The number of phenolic OH excluding ortho intramolecular Hbond substituents is 1. The van der Waals surface area contributed by atoms with E-state index in [4.69, 9.17) is 9.84 Å². The summed E-state index contributed by atoms with van der Waals surface area (Å²) in [4.78, 5) is 11.5. The average Bonchev–Trinajstić information content (AvgIpc) is 2.85. The Balaban J connectivity index is 1.84. The number of phenols is 1. The molecule has 0 radical (unpaired) electrons. The third-order valence-electron chi connectivity index (χ3n) is 2.50. The van der Waals surface area contributed by atoms with Crippen molar-refractivity contribution >= 4 is 12.1 Å². The van der Waals surface area contributed by atoms with E-state index in [0.29, 0.717) is 6.61 Å². The second-order valence-corrected chi connectivity index (χ2v) is 3.83. The van der Waals surface area contributed by atoms with Crippen molar-refractivity contribution in [2.45, 2.75) is 18.9 Å². The van der Waals surface area contributed by atoms with E-state index in [1.165, 1.54) is 6.21 Å². The lowest BCUT2D eigenvalue weighted by molar-refractivity contribution is -0.130. The van der Waals surface area contributed by atoms with Crippen LogP contribution < -0.4 is 5.43 Å². The van der Waals surface area contributed by atoms with Crippen molar-refractivity contribution in [3.8, 4) is 5.75 Å². The van der Waals surface area contributed by atoms with Gasteiger partial charge in [-0.05, 0) is 42.7 Å². The molecule has 1 saturated heterocycles. The van der Waals surface area contributed by atoms with Gasteiger partial charge in [0.1, 0.15) is 11.9 Å². The van der Waals surface area contributed by atoms with Gasteiger partial charge < -0.3 is 9.84 Å². The van der Waals surface area contributed by atoms with Crippen LogP contribution in [0.5, 0.6) is 5.75 Å². The number of hydrazone groups is 1. The Hall–Kier alpha value is -1.88. The largest absolute Gasteiger partial charge is 0.508 e. The first-order chi connectivity index (χ1) is 8.25. The Morgan fingerprint density at radius 3 is 2.88 bits per heavy atom. The summed E-state index contributed by atoms with van der Waals surface area (Å²) in [6.45, 7) is 0.639. The molecule has 1 heterocycles. The number of nitrogens with one attached hydrogen (secondary N) is 1. The van der Waals surface area contributed by atoms with Crippen molar-refractivity contribution in [2.75, 3.05) is 6.61 Å². The summed E-state index contributed by atoms with van der Waals surface area (Å²) in [7, 11) is 0. The fraction of sp³-hybridized carbons (Fsp3) is 0.333. The van der Waals surface area contributed by atoms with Gasteiger partial charge >= 0.3 is 0 Å². The summed E-state index contributed by atoms with van der Waals surface area (Å²) in [6.07, 6.45) is 2.82. The molecule has 1 aliphatic rings. The highest BCUT2D eigenvalue weighted by Crippen LogP contribution is 2.11. The molecule has 0 aromatic heterocycles. The van der Waals surface area contributed by atoms with Gasteiger partial charge in [0.2, 0.25) is 0 Å². The number of rotatable bonds is 3. The van der Waals surface area contributed by atoms with Gasteiger partial charge in [-0.1, -0.05) is 0 Å². The second kappa shape index (κ2) is 5.45. The number of benzene rings is 1. The van der Waals surface area contributed by atoms with Gasteiger partial charge in [-0.25, -0.2) is 5.43 Å². The van der Waals surface area contributed by atoms with E-state index in [9.17, 15) is 4.79 Å². The fourth-order valence-electron chi connectivity index (χ4n) is 1.59. The predicted molar refractivity (Wildman–Crippen MR) is 62.8 cm³/mol. The molecule has 0 saturated carbocycles. The minimum absolute atomic E-state index is 0.200. The van der Waals surface area contributed by atoms with E-state index in [1.54, 1.807) is 24.3 Å². The van der Waals surface area contributed by atoms with Crippen LogP contribution in [0.25, 0.3) is 0 Å². The summed E-state index contributed by atoms with van der Waals surface area (Å²) < 4.78 is 5.21. The summed E-state index contributed by atoms with van der Waals surface area (Å²) in [5, 5.41) is 12.9. The quantitative estimate of drug-likeness (QED) is 0.606. The molecule has 2 rings (SSSR count). The van der Waals surface area contributed by atoms with Gasteiger partial charge in [-0.15, -0.1) is 0 Å². The first-order valence-corrected chi connectivity index (χ1v) is 5.49. The molecule has 0 aliphatic carbocycles. The van der Waals surface area contributed by atoms with Gasteiger partial charge in [0.15, 0.2) is 0 Å². The Morgan fingerprint density at radius 2 is 2.24 bits per heavy atom. The smallest absolute Gasteiger partial charge is 0.269 e. The Bertz CT molecular complexity index is 408. The molecular weight excluding hydrogens is 220 g/mol. The Kier molecular flexibility index (Phi) is 3.72. The number of hydrogen-bond acceptors (Lipinski definition) is 4. The third kappa shape index (κ3) is 3.29. The van der Waals surface area contributed by atoms with Gasteiger partial charge in [-0.3, -0.25) is 4.79 Å². The molecule has 1 aromatic carbocycles. The average molecular weight is 234 g/mol. The maximum atomic E-state index is 11.5. The number of amides is 1. The molecule has 1 aliphatic heterocycles. The van der Waals surface area contributed by atoms with Crippen LogP contribution in [0, 0.1) is 0 Å². The molecule has 1 amide bonds. The molecule has 5 heteroatoms. The first-order valence-electron chi connectivity index (χ1n) is 5.49. The topological polar surface area (TPSA) is 70.9 Å². The van der Waals surface area contributed by atoms with E-state index in [-0.39, 0.29) is 17.8 Å².